The lowest BCUT2D eigenvalue weighted by Crippen LogP contribution is -2.25. The number of hydrogen-bond donors (Lipinski definition) is 3. The summed E-state index contributed by atoms with van der Waals surface area (Å²) in [5.41, 5.74) is 11.7. The molecule has 4 nitrogen and oxygen atoms in total. The predicted octanol–water partition coefficient (Wildman–Crippen LogP) is 1.20. The number of carbonyl (C=O) groups excluding carboxylic acids is 1. The molecule has 0 radical (unpaired) electrons. The van der Waals surface area contributed by atoms with E-state index in [-0.39, 0.29) is 6.04 Å². The largest absolute Gasteiger partial charge is 0.380 e. The van der Waals surface area contributed by atoms with Gasteiger partial charge in [-0.25, -0.2) is 0 Å². The Morgan fingerprint density at radius 2 is 2.27 bits per heavy atom. The van der Waals surface area contributed by atoms with Crippen LogP contribution < -0.4 is 16.8 Å². The first-order chi connectivity index (χ1) is 7.04. The van der Waals surface area contributed by atoms with Crippen molar-refractivity contribution >= 4 is 23.2 Å². The van der Waals surface area contributed by atoms with Gasteiger partial charge in [-0.05, 0) is 25.1 Å². The number of nitrogens with two attached hydrogens (primary N) is 2. The second kappa shape index (κ2) is 5.00. The van der Waals surface area contributed by atoms with E-state index in [9.17, 15) is 4.79 Å². The molecule has 82 valence electrons. The van der Waals surface area contributed by atoms with E-state index in [1.807, 2.05) is 6.92 Å². The van der Waals surface area contributed by atoms with Crippen molar-refractivity contribution in [3.8, 4) is 0 Å². The third-order valence-electron chi connectivity index (χ3n) is 2.01. The van der Waals surface area contributed by atoms with E-state index in [1.165, 1.54) is 6.07 Å². The lowest BCUT2D eigenvalue weighted by Gasteiger charge is -2.14. The lowest BCUT2D eigenvalue weighted by atomic mass is 10.2. The Kier molecular flexibility index (Phi) is 3.94. The fourth-order valence-corrected chi connectivity index (χ4v) is 1.34. The maximum absolute atomic E-state index is 10.9. The van der Waals surface area contributed by atoms with Crippen molar-refractivity contribution in [2.24, 2.45) is 11.5 Å². The van der Waals surface area contributed by atoms with E-state index in [0.29, 0.717) is 17.1 Å². The molecule has 0 saturated heterocycles. The molecular weight excluding hydrogens is 214 g/mol. The molecule has 0 aliphatic heterocycles. The van der Waals surface area contributed by atoms with E-state index >= 15 is 0 Å². The van der Waals surface area contributed by atoms with E-state index in [4.69, 9.17) is 23.1 Å². The summed E-state index contributed by atoms with van der Waals surface area (Å²) in [7, 11) is 0. The summed E-state index contributed by atoms with van der Waals surface area (Å²) in [6.45, 7) is 2.45. The molecule has 1 atom stereocenters. The Hall–Kier alpha value is -1.26. The molecule has 1 unspecified atom stereocenters. The Morgan fingerprint density at radius 1 is 1.60 bits per heavy atom. The topological polar surface area (TPSA) is 81.1 Å². The standard InChI is InChI=1S/C10H14ClN3O/c1-6(5-12)14-9-3-2-7(10(13)15)4-8(9)11/h2-4,6,14H,5,12H2,1H3,(H2,13,15). The van der Waals surface area contributed by atoms with Crippen molar-refractivity contribution in [1.82, 2.24) is 0 Å². The summed E-state index contributed by atoms with van der Waals surface area (Å²) in [5, 5.41) is 3.58. The summed E-state index contributed by atoms with van der Waals surface area (Å²) in [6, 6.07) is 5.01. The van der Waals surface area contributed by atoms with Crippen LogP contribution in [-0.4, -0.2) is 18.5 Å². The lowest BCUT2D eigenvalue weighted by molar-refractivity contribution is 0.100. The number of anilines is 1. The zero-order valence-electron chi connectivity index (χ0n) is 8.46. The van der Waals surface area contributed by atoms with Crippen LogP contribution in [0.4, 0.5) is 5.69 Å². The first-order valence-electron chi connectivity index (χ1n) is 4.60. The zero-order valence-corrected chi connectivity index (χ0v) is 9.21. The van der Waals surface area contributed by atoms with Crippen molar-refractivity contribution in [3.05, 3.63) is 28.8 Å². The Bertz CT molecular complexity index is 368. The second-order valence-corrected chi connectivity index (χ2v) is 3.75. The molecule has 5 N–H and O–H groups in total. The Labute approximate surface area is 93.6 Å². The summed E-state index contributed by atoms with van der Waals surface area (Å²) < 4.78 is 0. The molecule has 0 spiro atoms. The van der Waals surface area contributed by atoms with Crippen LogP contribution in [0.3, 0.4) is 0 Å². The fourth-order valence-electron chi connectivity index (χ4n) is 1.11. The monoisotopic (exact) mass is 227 g/mol. The zero-order chi connectivity index (χ0) is 11.4. The minimum absolute atomic E-state index is 0.127. The molecule has 15 heavy (non-hydrogen) atoms. The maximum Gasteiger partial charge on any atom is 0.248 e. The molecule has 0 bridgehead atoms. The van der Waals surface area contributed by atoms with Gasteiger partial charge < -0.3 is 16.8 Å². The van der Waals surface area contributed by atoms with Gasteiger partial charge in [-0.3, -0.25) is 4.79 Å². The van der Waals surface area contributed by atoms with Gasteiger partial charge in [0.25, 0.3) is 0 Å². The molecule has 1 aromatic carbocycles. The average molecular weight is 228 g/mol. The molecule has 1 amide bonds. The first-order valence-corrected chi connectivity index (χ1v) is 4.98. The normalized spacial score (nSPS) is 12.2. The van der Waals surface area contributed by atoms with Crippen LogP contribution >= 0.6 is 11.6 Å². The highest BCUT2D eigenvalue weighted by atomic mass is 35.5. The quantitative estimate of drug-likeness (QED) is 0.723. The van der Waals surface area contributed by atoms with E-state index in [1.54, 1.807) is 12.1 Å². The van der Waals surface area contributed by atoms with Gasteiger partial charge in [0.15, 0.2) is 0 Å². The van der Waals surface area contributed by atoms with Crippen LogP contribution in [0.2, 0.25) is 5.02 Å². The highest BCUT2D eigenvalue weighted by Crippen LogP contribution is 2.23. The Balaban J connectivity index is 2.88. The van der Waals surface area contributed by atoms with Gasteiger partial charge >= 0.3 is 0 Å². The minimum atomic E-state index is -0.490. The van der Waals surface area contributed by atoms with Crippen LogP contribution in [0, 0.1) is 0 Å². The molecule has 0 aliphatic carbocycles. The third kappa shape index (κ3) is 3.11. The van der Waals surface area contributed by atoms with E-state index in [0.717, 1.165) is 5.69 Å². The average Bonchev–Trinajstić information content (AvgIpc) is 2.20. The molecular formula is C10H14ClN3O. The number of halogens is 1. The van der Waals surface area contributed by atoms with Gasteiger partial charge in [-0.2, -0.15) is 0 Å². The van der Waals surface area contributed by atoms with E-state index < -0.39 is 5.91 Å². The molecule has 0 aliphatic rings. The molecule has 0 saturated carbocycles. The van der Waals surface area contributed by atoms with Gasteiger partial charge in [0, 0.05) is 18.2 Å². The number of amides is 1. The number of benzene rings is 1. The first kappa shape index (κ1) is 11.8. The summed E-state index contributed by atoms with van der Waals surface area (Å²) in [5.74, 6) is -0.490. The van der Waals surface area contributed by atoms with Crippen molar-refractivity contribution in [2.45, 2.75) is 13.0 Å². The second-order valence-electron chi connectivity index (χ2n) is 3.34. The van der Waals surface area contributed by atoms with Crippen molar-refractivity contribution in [2.75, 3.05) is 11.9 Å². The highest BCUT2D eigenvalue weighted by Gasteiger charge is 2.07. The summed E-state index contributed by atoms with van der Waals surface area (Å²) in [4.78, 5) is 10.9. The molecule has 0 fully saturated rings. The maximum atomic E-state index is 10.9. The smallest absolute Gasteiger partial charge is 0.248 e. The predicted molar refractivity (Wildman–Crippen MR) is 62.1 cm³/mol. The molecule has 0 aromatic heterocycles. The fraction of sp³-hybridized carbons (Fsp3) is 0.300. The number of carbonyl (C=O) groups is 1. The van der Waals surface area contributed by atoms with Gasteiger partial charge in [0.1, 0.15) is 0 Å². The number of rotatable bonds is 4. The number of hydrogen-bond acceptors (Lipinski definition) is 3. The summed E-state index contributed by atoms with van der Waals surface area (Å²) in [6.07, 6.45) is 0. The molecule has 1 rings (SSSR count). The Morgan fingerprint density at radius 3 is 2.73 bits per heavy atom. The van der Waals surface area contributed by atoms with Crippen LogP contribution in [0.1, 0.15) is 17.3 Å². The van der Waals surface area contributed by atoms with Crippen LogP contribution in [-0.2, 0) is 0 Å². The minimum Gasteiger partial charge on any atom is -0.380 e. The van der Waals surface area contributed by atoms with Crippen LogP contribution in [0.15, 0.2) is 18.2 Å². The van der Waals surface area contributed by atoms with Gasteiger partial charge in [-0.1, -0.05) is 11.6 Å². The molecule has 1 aromatic rings. The van der Waals surface area contributed by atoms with Gasteiger partial charge in [0.2, 0.25) is 5.91 Å². The van der Waals surface area contributed by atoms with Crippen molar-refractivity contribution < 1.29 is 4.79 Å². The highest BCUT2D eigenvalue weighted by molar-refractivity contribution is 6.33. The number of primary amides is 1. The SMILES string of the molecule is CC(CN)Nc1ccc(C(N)=O)cc1Cl. The van der Waals surface area contributed by atoms with Crippen LogP contribution in [0.5, 0.6) is 0 Å². The van der Waals surface area contributed by atoms with Crippen molar-refractivity contribution in [1.29, 1.82) is 0 Å². The van der Waals surface area contributed by atoms with Gasteiger partial charge in [-0.15, -0.1) is 0 Å². The molecule has 0 heterocycles. The van der Waals surface area contributed by atoms with Gasteiger partial charge in [0.05, 0.1) is 10.7 Å². The third-order valence-corrected chi connectivity index (χ3v) is 2.32. The van der Waals surface area contributed by atoms with Crippen molar-refractivity contribution in [3.63, 3.8) is 0 Å². The summed E-state index contributed by atoms with van der Waals surface area (Å²) >= 11 is 5.96. The van der Waals surface area contributed by atoms with E-state index in [2.05, 4.69) is 5.32 Å². The van der Waals surface area contributed by atoms with Crippen LogP contribution in [0.25, 0.3) is 0 Å². The number of nitrogens with one attached hydrogen (secondary N) is 1. The molecule has 5 heteroatoms.